The molecule has 0 spiro atoms. The van der Waals surface area contributed by atoms with E-state index in [1.54, 1.807) is 0 Å². The molecule has 1 aromatic carbocycles. The molecule has 3 nitrogen and oxygen atoms in total. The first-order chi connectivity index (χ1) is 9.07. The number of hydrogen-bond acceptors (Lipinski definition) is 3. The maximum Gasteiger partial charge on any atom is 0.125 e. The van der Waals surface area contributed by atoms with E-state index >= 15 is 0 Å². The highest BCUT2D eigenvalue weighted by Gasteiger charge is 2.33. The fraction of sp³-hybridized carbons (Fsp3) is 0.600. The molecule has 0 aromatic heterocycles. The number of likely N-dealkylation sites (tertiary alicyclic amines) is 1. The lowest BCUT2D eigenvalue weighted by Gasteiger charge is -2.41. The van der Waals surface area contributed by atoms with Crippen LogP contribution in [-0.4, -0.2) is 41.8 Å². The SMILES string of the molecule is CCN1CCC(CO)(Nc2cc(C)cc(F)c2)CC1. The van der Waals surface area contributed by atoms with Crippen molar-refractivity contribution in [3.63, 3.8) is 0 Å². The number of aryl methyl sites for hydroxylation is 1. The molecule has 19 heavy (non-hydrogen) atoms. The van der Waals surface area contributed by atoms with Crippen LogP contribution in [0.4, 0.5) is 10.1 Å². The summed E-state index contributed by atoms with van der Waals surface area (Å²) in [5.74, 6) is -0.235. The molecular formula is C15H23FN2O. The van der Waals surface area contributed by atoms with Crippen LogP contribution in [0.15, 0.2) is 18.2 Å². The monoisotopic (exact) mass is 266 g/mol. The van der Waals surface area contributed by atoms with Gasteiger partial charge in [0, 0.05) is 18.8 Å². The van der Waals surface area contributed by atoms with Crippen molar-refractivity contribution < 1.29 is 9.50 Å². The lowest BCUT2D eigenvalue weighted by Crippen LogP contribution is -2.51. The lowest BCUT2D eigenvalue weighted by molar-refractivity contribution is 0.122. The summed E-state index contributed by atoms with van der Waals surface area (Å²) in [5.41, 5.74) is 1.34. The molecule has 0 aliphatic carbocycles. The van der Waals surface area contributed by atoms with E-state index in [0.717, 1.165) is 43.7 Å². The van der Waals surface area contributed by atoms with E-state index in [-0.39, 0.29) is 18.0 Å². The minimum absolute atomic E-state index is 0.0834. The van der Waals surface area contributed by atoms with Crippen LogP contribution in [0.25, 0.3) is 0 Å². The molecule has 0 radical (unpaired) electrons. The van der Waals surface area contributed by atoms with E-state index in [1.807, 2.05) is 13.0 Å². The van der Waals surface area contributed by atoms with Crippen LogP contribution in [0.1, 0.15) is 25.3 Å². The van der Waals surface area contributed by atoms with Crippen molar-refractivity contribution in [3.8, 4) is 0 Å². The molecule has 2 N–H and O–H groups in total. The van der Waals surface area contributed by atoms with E-state index in [4.69, 9.17) is 0 Å². The highest BCUT2D eigenvalue weighted by Crippen LogP contribution is 2.27. The van der Waals surface area contributed by atoms with Gasteiger partial charge in [0.25, 0.3) is 0 Å². The minimum Gasteiger partial charge on any atom is -0.394 e. The van der Waals surface area contributed by atoms with Crippen molar-refractivity contribution in [2.75, 3.05) is 31.6 Å². The van der Waals surface area contributed by atoms with Crippen molar-refractivity contribution in [2.24, 2.45) is 0 Å². The number of hydrogen-bond donors (Lipinski definition) is 2. The van der Waals surface area contributed by atoms with Gasteiger partial charge in [0.05, 0.1) is 12.1 Å². The van der Waals surface area contributed by atoms with Gasteiger partial charge in [0.1, 0.15) is 5.82 Å². The number of halogens is 1. The molecule has 1 fully saturated rings. The summed E-state index contributed by atoms with van der Waals surface area (Å²) in [6, 6.07) is 4.93. The Morgan fingerprint density at radius 3 is 2.53 bits per heavy atom. The Morgan fingerprint density at radius 2 is 2.00 bits per heavy atom. The van der Waals surface area contributed by atoms with Gasteiger partial charge in [-0.2, -0.15) is 0 Å². The van der Waals surface area contributed by atoms with E-state index in [9.17, 15) is 9.50 Å². The molecular weight excluding hydrogens is 243 g/mol. The standard InChI is InChI=1S/C15H23FN2O/c1-3-18-6-4-15(11-19,5-7-18)17-14-9-12(2)8-13(16)10-14/h8-10,17,19H,3-7,11H2,1-2H3. The Labute approximate surface area is 114 Å². The molecule has 106 valence electrons. The van der Waals surface area contributed by atoms with Crippen LogP contribution in [0.5, 0.6) is 0 Å². The molecule has 0 saturated carbocycles. The highest BCUT2D eigenvalue weighted by molar-refractivity contribution is 5.48. The Balaban J connectivity index is 2.10. The summed E-state index contributed by atoms with van der Waals surface area (Å²) >= 11 is 0. The Bertz CT molecular complexity index is 408. The molecule has 0 atom stereocenters. The van der Waals surface area contributed by atoms with Crippen LogP contribution in [0.2, 0.25) is 0 Å². The van der Waals surface area contributed by atoms with Crippen LogP contribution in [0.3, 0.4) is 0 Å². The number of aliphatic hydroxyl groups excluding tert-OH is 1. The Morgan fingerprint density at radius 1 is 1.32 bits per heavy atom. The zero-order chi connectivity index (χ0) is 13.9. The maximum absolute atomic E-state index is 13.4. The smallest absolute Gasteiger partial charge is 0.125 e. The number of piperidine rings is 1. The maximum atomic E-state index is 13.4. The van der Waals surface area contributed by atoms with Crippen LogP contribution in [0, 0.1) is 12.7 Å². The molecule has 1 aliphatic rings. The fourth-order valence-corrected chi connectivity index (χ4v) is 2.73. The third-order valence-electron chi connectivity index (χ3n) is 4.01. The van der Waals surface area contributed by atoms with Gasteiger partial charge < -0.3 is 15.3 Å². The summed E-state index contributed by atoms with van der Waals surface area (Å²) < 4.78 is 13.4. The normalized spacial score (nSPS) is 19.4. The molecule has 0 bridgehead atoms. The van der Waals surface area contributed by atoms with E-state index in [0.29, 0.717) is 0 Å². The topological polar surface area (TPSA) is 35.5 Å². The first kappa shape index (κ1) is 14.3. The van der Waals surface area contributed by atoms with Crippen molar-refractivity contribution in [3.05, 3.63) is 29.6 Å². The van der Waals surface area contributed by atoms with Gasteiger partial charge in [-0.3, -0.25) is 0 Å². The second kappa shape index (κ2) is 5.88. The zero-order valence-corrected chi connectivity index (χ0v) is 11.7. The molecule has 1 aromatic rings. The third-order valence-corrected chi connectivity index (χ3v) is 4.01. The third kappa shape index (κ3) is 3.45. The van der Waals surface area contributed by atoms with E-state index in [2.05, 4.69) is 17.1 Å². The number of aliphatic hydroxyl groups is 1. The summed E-state index contributed by atoms with van der Waals surface area (Å²) in [6.45, 7) is 7.09. The second-order valence-corrected chi connectivity index (χ2v) is 5.51. The van der Waals surface area contributed by atoms with Crippen LogP contribution < -0.4 is 5.32 Å². The zero-order valence-electron chi connectivity index (χ0n) is 11.7. The van der Waals surface area contributed by atoms with E-state index < -0.39 is 0 Å². The number of rotatable bonds is 4. The summed E-state index contributed by atoms with van der Waals surface area (Å²) in [4.78, 5) is 2.37. The van der Waals surface area contributed by atoms with Gasteiger partial charge in [-0.1, -0.05) is 6.92 Å². The molecule has 0 amide bonds. The predicted octanol–water partition coefficient (Wildman–Crippen LogP) is 2.39. The van der Waals surface area contributed by atoms with Gasteiger partial charge in [-0.15, -0.1) is 0 Å². The van der Waals surface area contributed by atoms with E-state index in [1.165, 1.54) is 12.1 Å². The van der Waals surface area contributed by atoms with Gasteiger partial charge in [-0.25, -0.2) is 4.39 Å². The van der Waals surface area contributed by atoms with Gasteiger partial charge in [0.15, 0.2) is 0 Å². The average molecular weight is 266 g/mol. The average Bonchev–Trinajstić information content (AvgIpc) is 2.38. The summed E-state index contributed by atoms with van der Waals surface area (Å²) in [5, 5.41) is 13.1. The van der Waals surface area contributed by atoms with Gasteiger partial charge in [-0.05, 0) is 50.1 Å². The van der Waals surface area contributed by atoms with Crippen molar-refractivity contribution in [1.82, 2.24) is 4.90 Å². The molecule has 2 rings (SSSR count). The first-order valence-corrected chi connectivity index (χ1v) is 6.95. The van der Waals surface area contributed by atoms with Crippen LogP contribution in [-0.2, 0) is 0 Å². The number of benzene rings is 1. The quantitative estimate of drug-likeness (QED) is 0.878. The number of nitrogens with zero attached hydrogens (tertiary/aromatic N) is 1. The molecule has 4 heteroatoms. The molecule has 0 unspecified atom stereocenters. The lowest BCUT2D eigenvalue weighted by atomic mass is 9.88. The van der Waals surface area contributed by atoms with Crippen LogP contribution >= 0.6 is 0 Å². The van der Waals surface area contributed by atoms with Crippen molar-refractivity contribution in [2.45, 2.75) is 32.2 Å². The fourth-order valence-electron chi connectivity index (χ4n) is 2.73. The second-order valence-electron chi connectivity index (χ2n) is 5.51. The first-order valence-electron chi connectivity index (χ1n) is 6.95. The van der Waals surface area contributed by atoms with Crippen molar-refractivity contribution in [1.29, 1.82) is 0 Å². The Hall–Kier alpha value is -1.13. The number of nitrogens with one attached hydrogen (secondary N) is 1. The van der Waals surface area contributed by atoms with Gasteiger partial charge in [0.2, 0.25) is 0 Å². The predicted molar refractivity (Wildman–Crippen MR) is 75.9 cm³/mol. The molecule has 1 aliphatic heterocycles. The largest absolute Gasteiger partial charge is 0.394 e. The Kier molecular flexibility index (Phi) is 4.42. The molecule has 1 heterocycles. The summed E-state index contributed by atoms with van der Waals surface area (Å²) in [7, 11) is 0. The minimum atomic E-state index is -0.314. The highest BCUT2D eigenvalue weighted by atomic mass is 19.1. The molecule has 1 saturated heterocycles. The van der Waals surface area contributed by atoms with Gasteiger partial charge >= 0.3 is 0 Å². The number of anilines is 1. The summed E-state index contributed by atoms with van der Waals surface area (Å²) in [6.07, 6.45) is 1.76. The van der Waals surface area contributed by atoms with Crippen molar-refractivity contribution >= 4 is 5.69 Å².